The number of benzene rings is 2. The molecule has 2 aromatic carbocycles. The topological polar surface area (TPSA) is 147 Å². The Morgan fingerprint density at radius 2 is 1.83 bits per heavy atom. The summed E-state index contributed by atoms with van der Waals surface area (Å²) in [4.78, 5) is 71.5. The Bertz CT molecular complexity index is 1860. The normalized spacial score (nSPS) is 12.5. The number of nitrogens with zero attached hydrogens (tertiary/aromatic N) is 2. The first-order valence-corrected chi connectivity index (χ1v) is 16.9. The zero-order chi connectivity index (χ0) is 34.0. The second-order valence-corrected chi connectivity index (χ2v) is 12.8. The molecule has 3 heterocycles. The second-order valence-electron chi connectivity index (χ2n) is 10.6. The van der Waals surface area contributed by atoms with Gasteiger partial charge in [-0.3, -0.25) is 24.2 Å². The minimum absolute atomic E-state index is 0.0248. The van der Waals surface area contributed by atoms with Crippen LogP contribution in [0.25, 0.3) is 6.08 Å². The lowest BCUT2D eigenvalue weighted by atomic mass is 10.0. The van der Waals surface area contributed by atoms with Crippen LogP contribution in [0, 0.1) is 0 Å². The van der Waals surface area contributed by atoms with Crippen molar-refractivity contribution in [3.8, 4) is 0 Å². The van der Waals surface area contributed by atoms with E-state index < -0.39 is 17.8 Å². The molecule has 0 saturated heterocycles. The first kappa shape index (κ1) is 34.1. The number of aromatic nitrogens is 1. The smallest absolute Gasteiger partial charge is 0.341 e. The summed E-state index contributed by atoms with van der Waals surface area (Å²) in [5.74, 6) is -1.84. The van der Waals surface area contributed by atoms with Gasteiger partial charge in [0, 0.05) is 46.9 Å². The molecule has 2 aromatic heterocycles. The van der Waals surface area contributed by atoms with Crippen molar-refractivity contribution in [2.24, 2.45) is 0 Å². The van der Waals surface area contributed by atoms with Crippen LogP contribution in [-0.2, 0) is 32.1 Å². The van der Waals surface area contributed by atoms with E-state index in [1.54, 1.807) is 90.9 Å². The zero-order valence-corrected chi connectivity index (χ0v) is 27.9. The van der Waals surface area contributed by atoms with E-state index >= 15 is 0 Å². The number of anilines is 2. The van der Waals surface area contributed by atoms with E-state index in [0.29, 0.717) is 51.8 Å². The fourth-order valence-electron chi connectivity index (χ4n) is 4.92. The standard InChI is InChI=1S/C35H33N5O6S2/c1-3-46-35(45)31-27-14-16-40(22(2)41)20-29(27)48-34(31)39-30(42)21-47-26-13-7-12-25(18-26)37-33(44)28(17-23-9-8-15-36-19-23)38-32(43)24-10-5-4-6-11-24/h4-13,15,17-19H,3,14,16,20-21H2,1-2H3,(H,37,44)(H,38,43)(H,39,42)/b28-17-. The van der Waals surface area contributed by atoms with Crippen molar-refractivity contribution in [2.75, 3.05) is 29.5 Å². The van der Waals surface area contributed by atoms with Crippen molar-refractivity contribution in [2.45, 2.75) is 31.7 Å². The lowest BCUT2D eigenvalue weighted by Crippen LogP contribution is -2.34. The summed E-state index contributed by atoms with van der Waals surface area (Å²) in [6.45, 7) is 4.28. The number of hydrogen-bond donors (Lipinski definition) is 3. The van der Waals surface area contributed by atoms with Crippen LogP contribution in [0.2, 0.25) is 0 Å². The van der Waals surface area contributed by atoms with Gasteiger partial charge in [0.2, 0.25) is 11.8 Å². The lowest BCUT2D eigenvalue weighted by Gasteiger charge is -2.25. The molecule has 13 heteroatoms. The Morgan fingerprint density at radius 3 is 2.56 bits per heavy atom. The van der Waals surface area contributed by atoms with Crippen LogP contribution in [-0.4, -0.2) is 58.4 Å². The number of carbonyl (C=O) groups is 5. The van der Waals surface area contributed by atoms with Crippen molar-refractivity contribution in [3.05, 3.63) is 112 Å². The summed E-state index contributed by atoms with van der Waals surface area (Å²) >= 11 is 2.53. The molecule has 3 N–H and O–H groups in total. The summed E-state index contributed by atoms with van der Waals surface area (Å²) in [6, 6.07) is 19.0. The Morgan fingerprint density at radius 1 is 1.02 bits per heavy atom. The maximum atomic E-state index is 13.4. The maximum absolute atomic E-state index is 13.4. The highest BCUT2D eigenvalue weighted by Crippen LogP contribution is 2.38. The fourth-order valence-corrected chi connectivity index (χ4v) is 6.95. The Balaban J connectivity index is 1.26. The van der Waals surface area contributed by atoms with Gasteiger partial charge >= 0.3 is 5.97 Å². The molecule has 0 unspecified atom stereocenters. The van der Waals surface area contributed by atoms with Gasteiger partial charge in [-0.15, -0.1) is 23.1 Å². The molecule has 0 bridgehead atoms. The van der Waals surface area contributed by atoms with Gasteiger partial charge in [0.25, 0.3) is 11.8 Å². The van der Waals surface area contributed by atoms with Crippen molar-refractivity contribution in [1.29, 1.82) is 0 Å². The molecule has 4 amide bonds. The molecule has 0 fully saturated rings. The number of nitrogens with one attached hydrogen (secondary N) is 3. The molecule has 1 aliphatic rings. The summed E-state index contributed by atoms with van der Waals surface area (Å²) < 4.78 is 5.28. The molecule has 246 valence electrons. The molecule has 1 aliphatic heterocycles. The summed E-state index contributed by atoms with van der Waals surface area (Å²) in [5, 5.41) is 8.80. The van der Waals surface area contributed by atoms with Crippen LogP contribution >= 0.6 is 23.1 Å². The molecule has 0 saturated carbocycles. The Labute approximate surface area is 285 Å². The predicted octanol–water partition coefficient (Wildman–Crippen LogP) is 5.36. The van der Waals surface area contributed by atoms with Crippen LogP contribution in [0.5, 0.6) is 0 Å². The van der Waals surface area contributed by atoms with Crippen molar-refractivity contribution in [1.82, 2.24) is 15.2 Å². The van der Waals surface area contributed by atoms with Gasteiger partial charge in [-0.05, 0) is 66.9 Å². The fraction of sp³-hybridized carbons (Fsp3) is 0.200. The predicted molar refractivity (Wildman–Crippen MR) is 186 cm³/mol. The summed E-state index contributed by atoms with van der Waals surface area (Å²) in [7, 11) is 0. The van der Waals surface area contributed by atoms with E-state index in [-0.39, 0.29) is 29.9 Å². The summed E-state index contributed by atoms with van der Waals surface area (Å²) in [5.41, 5.74) is 2.66. The van der Waals surface area contributed by atoms with Gasteiger partial charge in [0.1, 0.15) is 10.7 Å². The van der Waals surface area contributed by atoms with E-state index in [0.717, 1.165) is 10.4 Å². The van der Waals surface area contributed by atoms with Crippen molar-refractivity contribution < 1.29 is 28.7 Å². The monoisotopic (exact) mass is 683 g/mol. The third-order valence-electron chi connectivity index (χ3n) is 7.22. The molecule has 5 rings (SSSR count). The number of hydrogen-bond acceptors (Lipinski definition) is 9. The van der Waals surface area contributed by atoms with E-state index in [1.807, 2.05) is 0 Å². The quantitative estimate of drug-likeness (QED) is 0.109. The maximum Gasteiger partial charge on any atom is 0.341 e. The molecule has 0 aliphatic carbocycles. The minimum atomic E-state index is -0.542. The molecule has 0 radical (unpaired) electrons. The van der Waals surface area contributed by atoms with Gasteiger partial charge in [0.05, 0.1) is 24.5 Å². The van der Waals surface area contributed by atoms with Gasteiger partial charge in [-0.1, -0.05) is 30.3 Å². The van der Waals surface area contributed by atoms with E-state index in [4.69, 9.17) is 4.74 Å². The molecule has 0 spiro atoms. The Hall–Kier alpha value is -5.27. The zero-order valence-electron chi connectivity index (χ0n) is 26.3. The number of thioether (sulfide) groups is 1. The molecule has 0 atom stereocenters. The average Bonchev–Trinajstić information content (AvgIpc) is 3.45. The third kappa shape index (κ3) is 8.75. The van der Waals surface area contributed by atoms with Crippen LogP contribution in [0.1, 0.15) is 50.6 Å². The van der Waals surface area contributed by atoms with Gasteiger partial charge in [0.15, 0.2) is 0 Å². The van der Waals surface area contributed by atoms with E-state index in [2.05, 4.69) is 20.9 Å². The molecule has 4 aromatic rings. The van der Waals surface area contributed by atoms with E-state index in [1.165, 1.54) is 36.1 Å². The largest absolute Gasteiger partial charge is 0.462 e. The van der Waals surface area contributed by atoms with Gasteiger partial charge in [-0.2, -0.15) is 0 Å². The van der Waals surface area contributed by atoms with Gasteiger partial charge < -0.3 is 25.6 Å². The second kappa shape index (κ2) is 16.0. The summed E-state index contributed by atoms with van der Waals surface area (Å²) in [6.07, 6.45) is 5.22. The molecule has 48 heavy (non-hydrogen) atoms. The highest BCUT2D eigenvalue weighted by atomic mass is 32.2. The minimum Gasteiger partial charge on any atom is -0.462 e. The number of amides is 4. The highest BCUT2D eigenvalue weighted by Gasteiger charge is 2.30. The van der Waals surface area contributed by atoms with Gasteiger partial charge in [-0.25, -0.2) is 4.79 Å². The molecular formula is C35H33N5O6S2. The first-order valence-electron chi connectivity index (χ1n) is 15.1. The number of thiophene rings is 1. The van der Waals surface area contributed by atoms with Crippen LogP contribution in [0.15, 0.2) is 89.7 Å². The lowest BCUT2D eigenvalue weighted by molar-refractivity contribution is -0.129. The molecule has 11 nitrogen and oxygen atoms in total. The van der Waals surface area contributed by atoms with Crippen molar-refractivity contribution >= 4 is 69.5 Å². The number of ether oxygens (including phenoxy) is 1. The van der Waals surface area contributed by atoms with Crippen molar-refractivity contribution in [3.63, 3.8) is 0 Å². The van der Waals surface area contributed by atoms with E-state index in [9.17, 15) is 24.0 Å². The highest BCUT2D eigenvalue weighted by molar-refractivity contribution is 8.00. The molecular weight excluding hydrogens is 651 g/mol. The number of rotatable bonds is 11. The number of carbonyl (C=O) groups excluding carboxylic acids is 5. The SMILES string of the molecule is CCOC(=O)c1c(NC(=O)CSc2cccc(NC(=O)/C(=C/c3cccnc3)NC(=O)c3ccccc3)c2)sc2c1CCN(C(C)=O)C2. The number of pyridine rings is 1. The number of esters is 1. The van der Waals surface area contributed by atoms with Crippen LogP contribution < -0.4 is 16.0 Å². The average molecular weight is 684 g/mol. The third-order valence-corrected chi connectivity index (χ3v) is 9.35. The van der Waals surface area contributed by atoms with Crippen LogP contribution in [0.3, 0.4) is 0 Å². The Kier molecular flexibility index (Phi) is 11.4. The van der Waals surface area contributed by atoms with Crippen LogP contribution in [0.4, 0.5) is 10.7 Å². The first-order chi connectivity index (χ1) is 23.2. The number of fused-ring (bicyclic) bond motifs is 1.